The maximum Gasteiger partial charge on any atom is 0.172 e. The number of alkyl halides is 1. The maximum absolute atomic E-state index is 13.5. The predicted molar refractivity (Wildman–Crippen MR) is 64.5 cm³/mol. The van der Waals surface area contributed by atoms with Gasteiger partial charge in [-0.15, -0.1) is 0 Å². The van der Waals surface area contributed by atoms with Crippen LogP contribution in [0.4, 0.5) is 10.2 Å². The first-order chi connectivity index (χ1) is 8.16. The van der Waals surface area contributed by atoms with Crippen LogP contribution in [0, 0.1) is 0 Å². The third kappa shape index (κ3) is 1.66. The van der Waals surface area contributed by atoms with E-state index in [2.05, 4.69) is 23.7 Å². The van der Waals surface area contributed by atoms with Crippen LogP contribution in [0.25, 0.3) is 0 Å². The summed E-state index contributed by atoms with van der Waals surface area (Å²) < 4.78 is 19.3. The molecule has 1 fully saturated rings. The van der Waals surface area contributed by atoms with Gasteiger partial charge in [0, 0.05) is 18.2 Å². The van der Waals surface area contributed by atoms with E-state index in [9.17, 15) is 4.39 Å². The van der Waals surface area contributed by atoms with Gasteiger partial charge < -0.3 is 9.64 Å². The highest BCUT2D eigenvalue weighted by molar-refractivity contribution is 5.60. The van der Waals surface area contributed by atoms with Gasteiger partial charge in [0.1, 0.15) is 12.8 Å². The second-order valence-corrected chi connectivity index (χ2v) is 5.16. The molecule has 17 heavy (non-hydrogen) atoms. The van der Waals surface area contributed by atoms with E-state index >= 15 is 0 Å². The molecule has 0 spiro atoms. The van der Waals surface area contributed by atoms with Gasteiger partial charge in [-0.2, -0.15) is 0 Å². The average Bonchev–Trinajstić information content (AvgIpc) is 2.68. The number of aromatic nitrogens is 1. The molecule has 1 saturated heterocycles. The van der Waals surface area contributed by atoms with Crippen molar-refractivity contribution < 1.29 is 9.13 Å². The van der Waals surface area contributed by atoms with Gasteiger partial charge in [-0.25, -0.2) is 9.37 Å². The molecular formula is C13H17FN2O. The molecule has 0 aliphatic carbocycles. The Morgan fingerprint density at radius 2 is 2.35 bits per heavy atom. The lowest BCUT2D eigenvalue weighted by Gasteiger charge is -2.33. The van der Waals surface area contributed by atoms with E-state index < -0.39 is 6.17 Å². The van der Waals surface area contributed by atoms with Crippen molar-refractivity contribution in [3.63, 3.8) is 0 Å². The summed E-state index contributed by atoms with van der Waals surface area (Å²) in [6.45, 7) is 5.30. The second-order valence-electron chi connectivity index (χ2n) is 5.16. The summed E-state index contributed by atoms with van der Waals surface area (Å²) >= 11 is 0. The zero-order chi connectivity index (χ0) is 12.0. The molecule has 3 nitrogen and oxygen atoms in total. The third-order valence-electron chi connectivity index (χ3n) is 3.59. The van der Waals surface area contributed by atoms with Crippen molar-refractivity contribution in [2.45, 2.75) is 38.4 Å². The zero-order valence-electron chi connectivity index (χ0n) is 10.2. The molecule has 2 aliphatic rings. The van der Waals surface area contributed by atoms with Crippen LogP contribution in [0.3, 0.4) is 0 Å². The fourth-order valence-electron chi connectivity index (χ4n) is 2.72. The lowest BCUT2D eigenvalue weighted by Crippen LogP contribution is -2.39. The number of anilines is 1. The smallest absolute Gasteiger partial charge is 0.172 e. The van der Waals surface area contributed by atoms with Gasteiger partial charge in [0.2, 0.25) is 0 Å². The van der Waals surface area contributed by atoms with E-state index in [1.807, 2.05) is 6.07 Å². The Balaban J connectivity index is 2.04. The summed E-state index contributed by atoms with van der Waals surface area (Å²) in [4.78, 5) is 6.44. The van der Waals surface area contributed by atoms with Crippen LogP contribution >= 0.6 is 0 Å². The first-order valence-corrected chi connectivity index (χ1v) is 6.19. The summed E-state index contributed by atoms with van der Waals surface area (Å²) in [7, 11) is 0. The van der Waals surface area contributed by atoms with E-state index in [1.165, 1.54) is 0 Å². The summed E-state index contributed by atoms with van der Waals surface area (Å²) in [5.41, 5.74) is 1.16. The molecule has 1 aromatic heterocycles. The number of hydrogen-bond donors (Lipinski definition) is 0. The van der Waals surface area contributed by atoms with Crippen molar-refractivity contribution in [2.24, 2.45) is 0 Å². The van der Waals surface area contributed by atoms with Crippen LogP contribution < -0.4 is 9.64 Å². The highest BCUT2D eigenvalue weighted by Gasteiger charge is 2.38. The molecule has 2 atom stereocenters. The Kier molecular flexibility index (Phi) is 2.45. The SMILES string of the molecule is CC(C)c1ccnc2c1OC[C@@H]1C[C@H](F)CN21. The largest absolute Gasteiger partial charge is 0.487 e. The Hall–Kier alpha value is -1.32. The standard InChI is InChI=1S/C13H17FN2O/c1-8(2)11-3-4-15-13-12(11)17-7-10-5-9(14)6-16(10)13/h3-4,8-10H,5-7H2,1-2H3/t9-,10-/m0/s1. The van der Waals surface area contributed by atoms with Crippen molar-refractivity contribution in [3.05, 3.63) is 17.8 Å². The highest BCUT2D eigenvalue weighted by atomic mass is 19.1. The fraction of sp³-hybridized carbons (Fsp3) is 0.615. The first-order valence-electron chi connectivity index (χ1n) is 6.19. The minimum absolute atomic E-state index is 0.160. The molecule has 1 aromatic rings. The Morgan fingerprint density at radius 3 is 3.12 bits per heavy atom. The van der Waals surface area contributed by atoms with E-state index in [0.717, 1.165) is 17.1 Å². The van der Waals surface area contributed by atoms with Crippen LogP contribution in [0.2, 0.25) is 0 Å². The fourth-order valence-corrected chi connectivity index (χ4v) is 2.72. The molecule has 92 valence electrons. The van der Waals surface area contributed by atoms with Crippen LogP contribution in [0.5, 0.6) is 5.75 Å². The molecule has 4 heteroatoms. The normalized spacial score (nSPS) is 26.7. The molecule has 0 radical (unpaired) electrons. The van der Waals surface area contributed by atoms with Crippen molar-refractivity contribution in [3.8, 4) is 5.75 Å². The number of hydrogen-bond acceptors (Lipinski definition) is 3. The monoisotopic (exact) mass is 236 g/mol. The molecule has 0 amide bonds. The summed E-state index contributed by atoms with van der Waals surface area (Å²) in [6, 6.07) is 2.15. The number of rotatable bonds is 1. The number of halogens is 1. The summed E-state index contributed by atoms with van der Waals surface area (Å²) in [5, 5.41) is 0. The van der Waals surface area contributed by atoms with Crippen molar-refractivity contribution in [1.82, 2.24) is 4.98 Å². The minimum atomic E-state index is -0.751. The van der Waals surface area contributed by atoms with Gasteiger partial charge in [-0.05, 0) is 12.0 Å². The van der Waals surface area contributed by atoms with E-state index in [0.29, 0.717) is 25.5 Å². The Morgan fingerprint density at radius 1 is 1.53 bits per heavy atom. The third-order valence-corrected chi connectivity index (χ3v) is 3.59. The predicted octanol–water partition coefficient (Wildman–Crippen LogP) is 2.51. The van der Waals surface area contributed by atoms with Gasteiger partial charge in [0.15, 0.2) is 11.6 Å². The van der Waals surface area contributed by atoms with Gasteiger partial charge in [-0.1, -0.05) is 13.8 Å². The van der Waals surface area contributed by atoms with Gasteiger partial charge in [0.25, 0.3) is 0 Å². The molecule has 0 bridgehead atoms. The van der Waals surface area contributed by atoms with Gasteiger partial charge in [-0.3, -0.25) is 0 Å². The first kappa shape index (κ1) is 10.8. The number of ether oxygens (including phenoxy) is 1. The zero-order valence-corrected chi connectivity index (χ0v) is 10.2. The highest BCUT2D eigenvalue weighted by Crippen LogP contribution is 2.41. The van der Waals surface area contributed by atoms with Crippen LogP contribution in [0.1, 0.15) is 31.7 Å². The molecule has 0 saturated carbocycles. The maximum atomic E-state index is 13.5. The average molecular weight is 236 g/mol. The summed E-state index contributed by atoms with van der Waals surface area (Å²) in [6.07, 6.45) is 1.61. The Bertz CT molecular complexity index is 435. The molecule has 3 heterocycles. The minimum Gasteiger partial charge on any atom is -0.487 e. The number of nitrogens with zero attached hydrogens (tertiary/aromatic N) is 2. The molecule has 0 N–H and O–H groups in total. The topological polar surface area (TPSA) is 25.4 Å². The van der Waals surface area contributed by atoms with Crippen molar-refractivity contribution in [2.75, 3.05) is 18.1 Å². The van der Waals surface area contributed by atoms with E-state index in [4.69, 9.17) is 4.74 Å². The van der Waals surface area contributed by atoms with Gasteiger partial charge >= 0.3 is 0 Å². The second kappa shape index (κ2) is 3.86. The number of fused-ring (bicyclic) bond motifs is 3. The van der Waals surface area contributed by atoms with Gasteiger partial charge in [0.05, 0.1) is 12.6 Å². The Labute approximate surface area is 101 Å². The van der Waals surface area contributed by atoms with E-state index in [1.54, 1.807) is 6.20 Å². The number of pyridine rings is 1. The van der Waals surface area contributed by atoms with Crippen LogP contribution in [-0.2, 0) is 0 Å². The van der Waals surface area contributed by atoms with Crippen molar-refractivity contribution >= 4 is 5.82 Å². The molecule has 0 unspecified atom stereocenters. The van der Waals surface area contributed by atoms with Crippen LogP contribution in [0.15, 0.2) is 12.3 Å². The molecular weight excluding hydrogens is 219 g/mol. The van der Waals surface area contributed by atoms with Crippen LogP contribution in [-0.4, -0.2) is 30.3 Å². The summed E-state index contributed by atoms with van der Waals surface area (Å²) in [5.74, 6) is 2.08. The lowest BCUT2D eigenvalue weighted by molar-refractivity contribution is 0.258. The molecule has 2 aliphatic heterocycles. The van der Waals surface area contributed by atoms with Crippen molar-refractivity contribution in [1.29, 1.82) is 0 Å². The lowest BCUT2D eigenvalue weighted by atomic mass is 10.0. The molecule has 3 rings (SSSR count). The molecule has 0 aromatic carbocycles. The van der Waals surface area contributed by atoms with E-state index in [-0.39, 0.29) is 6.04 Å². The quantitative estimate of drug-likeness (QED) is 0.749.